The highest BCUT2D eigenvalue weighted by Crippen LogP contribution is 1.99. The number of hydrogen-bond acceptors (Lipinski definition) is 3. The van der Waals surface area contributed by atoms with Crippen LogP contribution in [0.1, 0.15) is 6.42 Å². The van der Waals surface area contributed by atoms with Crippen LogP contribution in [-0.4, -0.2) is 43.0 Å². The van der Waals surface area contributed by atoms with Crippen molar-refractivity contribution in [1.82, 2.24) is 4.90 Å². The molecule has 0 aliphatic carbocycles. The zero-order chi connectivity index (χ0) is 8.97. The third-order valence-electron chi connectivity index (χ3n) is 1.71. The number of rotatable bonds is 3. The summed E-state index contributed by atoms with van der Waals surface area (Å²) in [5, 5.41) is 0. The van der Waals surface area contributed by atoms with Gasteiger partial charge in [0.15, 0.2) is 0 Å². The molecule has 1 heterocycles. The summed E-state index contributed by atoms with van der Waals surface area (Å²) >= 11 is 0. The molecule has 1 aliphatic rings. The van der Waals surface area contributed by atoms with Gasteiger partial charge in [0.25, 0.3) is 0 Å². The SMILES string of the molecule is NC(=O)CCN1CCOCC1=O. The van der Waals surface area contributed by atoms with E-state index in [4.69, 9.17) is 10.5 Å². The molecule has 68 valence electrons. The molecule has 2 N–H and O–H groups in total. The molecule has 0 aromatic rings. The molecule has 1 fully saturated rings. The predicted molar refractivity (Wildman–Crippen MR) is 41.2 cm³/mol. The van der Waals surface area contributed by atoms with Crippen LogP contribution in [0.3, 0.4) is 0 Å². The van der Waals surface area contributed by atoms with Gasteiger partial charge in [-0.3, -0.25) is 9.59 Å². The monoisotopic (exact) mass is 172 g/mol. The Morgan fingerprint density at radius 1 is 1.67 bits per heavy atom. The second kappa shape index (κ2) is 4.06. The average Bonchev–Trinajstić information content (AvgIpc) is 2.03. The Hall–Kier alpha value is -1.10. The molecule has 1 rings (SSSR count). The Bertz CT molecular complexity index is 193. The third-order valence-corrected chi connectivity index (χ3v) is 1.71. The molecule has 5 heteroatoms. The summed E-state index contributed by atoms with van der Waals surface area (Å²) in [5.41, 5.74) is 4.95. The number of carbonyl (C=O) groups excluding carboxylic acids is 2. The van der Waals surface area contributed by atoms with E-state index in [1.807, 2.05) is 0 Å². The van der Waals surface area contributed by atoms with Crippen LogP contribution in [0.25, 0.3) is 0 Å². The minimum atomic E-state index is -0.380. The fourth-order valence-corrected chi connectivity index (χ4v) is 1.03. The maximum absolute atomic E-state index is 11.1. The van der Waals surface area contributed by atoms with Crippen LogP contribution in [0.5, 0.6) is 0 Å². The number of ether oxygens (including phenoxy) is 1. The lowest BCUT2D eigenvalue weighted by atomic mass is 10.3. The van der Waals surface area contributed by atoms with E-state index in [1.54, 1.807) is 4.90 Å². The van der Waals surface area contributed by atoms with E-state index in [2.05, 4.69) is 0 Å². The molecule has 0 aromatic heterocycles. The van der Waals surface area contributed by atoms with Crippen molar-refractivity contribution in [3.05, 3.63) is 0 Å². The number of amides is 2. The van der Waals surface area contributed by atoms with Crippen molar-refractivity contribution in [2.75, 3.05) is 26.3 Å². The normalized spacial score (nSPS) is 18.0. The van der Waals surface area contributed by atoms with Crippen molar-refractivity contribution >= 4 is 11.8 Å². The van der Waals surface area contributed by atoms with E-state index in [-0.39, 0.29) is 24.8 Å². The Labute approximate surface area is 70.5 Å². The quantitative estimate of drug-likeness (QED) is 0.576. The number of nitrogens with zero attached hydrogens (tertiary/aromatic N) is 1. The fraction of sp³-hybridized carbons (Fsp3) is 0.714. The first-order chi connectivity index (χ1) is 5.70. The number of hydrogen-bond donors (Lipinski definition) is 1. The number of primary amides is 1. The molecule has 0 spiro atoms. The van der Waals surface area contributed by atoms with Crippen LogP contribution in [-0.2, 0) is 14.3 Å². The van der Waals surface area contributed by atoms with E-state index in [9.17, 15) is 9.59 Å². The molecule has 2 amide bonds. The highest BCUT2D eigenvalue weighted by atomic mass is 16.5. The lowest BCUT2D eigenvalue weighted by molar-refractivity contribution is -0.142. The van der Waals surface area contributed by atoms with Gasteiger partial charge in [0.05, 0.1) is 6.61 Å². The Morgan fingerprint density at radius 2 is 2.42 bits per heavy atom. The van der Waals surface area contributed by atoms with Gasteiger partial charge in [0.2, 0.25) is 11.8 Å². The topological polar surface area (TPSA) is 72.6 Å². The molecule has 1 aliphatic heterocycles. The Balaban J connectivity index is 2.29. The van der Waals surface area contributed by atoms with Gasteiger partial charge in [0, 0.05) is 19.5 Å². The van der Waals surface area contributed by atoms with Crippen LogP contribution in [0.15, 0.2) is 0 Å². The van der Waals surface area contributed by atoms with Crippen molar-refractivity contribution in [3.8, 4) is 0 Å². The van der Waals surface area contributed by atoms with E-state index in [0.717, 1.165) is 0 Å². The van der Waals surface area contributed by atoms with Crippen molar-refractivity contribution in [2.24, 2.45) is 5.73 Å². The van der Waals surface area contributed by atoms with Gasteiger partial charge >= 0.3 is 0 Å². The lowest BCUT2D eigenvalue weighted by Crippen LogP contribution is -2.42. The first-order valence-corrected chi connectivity index (χ1v) is 3.84. The largest absolute Gasteiger partial charge is 0.370 e. The van der Waals surface area contributed by atoms with E-state index >= 15 is 0 Å². The average molecular weight is 172 g/mol. The molecule has 0 atom stereocenters. The fourth-order valence-electron chi connectivity index (χ4n) is 1.03. The zero-order valence-corrected chi connectivity index (χ0v) is 6.78. The van der Waals surface area contributed by atoms with Gasteiger partial charge in [-0.2, -0.15) is 0 Å². The third kappa shape index (κ3) is 2.50. The van der Waals surface area contributed by atoms with Crippen molar-refractivity contribution in [3.63, 3.8) is 0 Å². The minimum Gasteiger partial charge on any atom is -0.370 e. The van der Waals surface area contributed by atoms with E-state index < -0.39 is 0 Å². The summed E-state index contributed by atoms with van der Waals surface area (Å²) in [5.74, 6) is -0.447. The molecule has 0 saturated carbocycles. The first kappa shape index (κ1) is 8.99. The van der Waals surface area contributed by atoms with Crippen LogP contribution in [0.2, 0.25) is 0 Å². The minimum absolute atomic E-state index is 0.0671. The Morgan fingerprint density at radius 3 is 3.00 bits per heavy atom. The summed E-state index contributed by atoms with van der Waals surface area (Å²) < 4.78 is 4.91. The summed E-state index contributed by atoms with van der Waals surface area (Å²) in [6.07, 6.45) is 0.228. The van der Waals surface area contributed by atoms with Crippen molar-refractivity contribution in [1.29, 1.82) is 0 Å². The molecule has 12 heavy (non-hydrogen) atoms. The maximum atomic E-state index is 11.1. The van der Waals surface area contributed by atoms with E-state index in [1.165, 1.54) is 0 Å². The van der Waals surface area contributed by atoms with Crippen LogP contribution in [0.4, 0.5) is 0 Å². The number of morpholine rings is 1. The van der Waals surface area contributed by atoms with E-state index in [0.29, 0.717) is 19.7 Å². The molecular formula is C7H12N2O3. The number of carbonyl (C=O) groups is 2. The molecule has 0 unspecified atom stereocenters. The van der Waals surface area contributed by atoms with Gasteiger partial charge in [-0.05, 0) is 0 Å². The van der Waals surface area contributed by atoms with Crippen LogP contribution >= 0.6 is 0 Å². The van der Waals surface area contributed by atoms with Gasteiger partial charge in [-0.1, -0.05) is 0 Å². The molecule has 0 bridgehead atoms. The molecule has 0 radical (unpaired) electrons. The second-order valence-electron chi connectivity index (χ2n) is 2.65. The predicted octanol–water partition coefficient (Wildman–Crippen LogP) is -1.28. The Kier molecular flexibility index (Phi) is 3.04. The smallest absolute Gasteiger partial charge is 0.248 e. The molecule has 1 saturated heterocycles. The first-order valence-electron chi connectivity index (χ1n) is 3.84. The molecule has 0 aromatic carbocycles. The highest BCUT2D eigenvalue weighted by molar-refractivity contribution is 5.79. The van der Waals surface area contributed by atoms with Crippen LogP contribution in [0, 0.1) is 0 Å². The summed E-state index contributed by atoms with van der Waals surface area (Å²) in [6.45, 7) is 1.65. The van der Waals surface area contributed by atoms with Gasteiger partial charge in [-0.15, -0.1) is 0 Å². The van der Waals surface area contributed by atoms with Crippen LogP contribution < -0.4 is 5.73 Å². The zero-order valence-electron chi connectivity index (χ0n) is 6.78. The number of nitrogens with two attached hydrogens (primary N) is 1. The second-order valence-corrected chi connectivity index (χ2v) is 2.65. The van der Waals surface area contributed by atoms with Gasteiger partial charge < -0.3 is 15.4 Å². The van der Waals surface area contributed by atoms with Gasteiger partial charge in [-0.25, -0.2) is 0 Å². The molecular weight excluding hydrogens is 160 g/mol. The highest BCUT2D eigenvalue weighted by Gasteiger charge is 2.18. The standard InChI is InChI=1S/C7H12N2O3/c8-6(10)1-2-9-3-4-12-5-7(9)11/h1-5H2,(H2,8,10). The van der Waals surface area contributed by atoms with Gasteiger partial charge in [0.1, 0.15) is 6.61 Å². The summed E-state index contributed by atoms with van der Waals surface area (Å²) in [4.78, 5) is 23.0. The van der Waals surface area contributed by atoms with Crippen molar-refractivity contribution < 1.29 is 14.3 Å². The van der Waals surface area contributed by atoms with Crippen molar-refractivity contribution in [2.45, 2.75) is 6.42 Å². The maximum Gasteiger partial charge on any atom is 0.248 e. The summed E-state index contributed by atoms with van der Waals surface area (Å²) in [6, 6.07) is 0. The molecule has 5 nitrogen and oxygen atoms in total. The lowest BCUT2D eigenvalue weighted by Gasteiger charge is -2.26. The summed E-state index contributed by atoms with van der Waals surface area (Å²) in [7, 11) is 0.